The highest BCUT2D eigenvalue weighted by atomic mass is 32.2. The average Bonchev–Trinajstić information content (AvgIpc) is 2.40. The molecule has 0 heterocycles. The van der Waals surface area contributed by atoms with Crippen molar-refractivity contribution in [3.8, 4) is 0 Å². The van der Waals surface area contributed by atoms with Gasteiger partial charge in [0.05, 0.1) is 17.1 Å². The molecule has 6 nitrogen and oxygen atoms in total. The summed E-state index contributed by atoms with van der Waals surface area (Å²) in [4.78, 5) is 11.5. The molecule has 1 amide bonds. The third-order valence-electron chi connectivity index (χ3n) is 2.92. The van der Waals surface area contributed by atoms with Crippen molar-refractivity contribution in [2.24, 2.45) is 0 Å². The molecule has 21 heavy (non-hydrogen) atoms. The van der Waals surface area contributed by atoms with Crippen LogP contribution in [0.2, 0.25) is 0 Å². The van der Waals surface area contributed by atoms with Gasteiger partial charge in [-0.15, -0.1) is 0 Å². The Kier molecular flexibility index (Phi) is 5.68. The van der Waals surface area contributed by atoms with Crippen molar-refractivity contribution < 1.29 is 17.6 Å². The highest BCUT2D eigenvalue weighted by Gasteiger charge is 2.25. The second-order valence-electron chi connectivity index (χ2n) is 4.75. The molecule has 0 aliphatic heterocycles. The quantitative estimate of drug-likeness (QED) is 0.761. The third-order valence-corrected chi connectivity index (χ3v) is 4.87. The van der Waals surface area contributed by atoms with E-state index in [1.54, 1.807) is 0 Å². The molecule has 0 unspecified atom stereocenters. The predicted molar refractivity (Wildman–Crippen MR) is 78.7 cm³/mol. The highest BCUT2D eigenvalue weighted by Crippen LogP contribution is 2.23. The minimum atomic E-state index is -3.90. The van der Waals surface area contributed by atoms with Crippen LogP contribution in [0, 0.1) is 12.7 Å². The van der Waals surface area contributed by atoms with Gasteiger partial charge < -0.3 is 11.1 Å². The fourth-order valence-electron chi connectivity index (χ4n) is 1.72. The van der Waals surface area contributed by atoms with Gasteiger partial charge in [0.25, 0.3) is 0 Å². The molecule has 0 radical (unpaired) electrons. The van der Waals surface area contributed by atoms with Crippen molar-refractivity contribution in [2.75, 3.05) is 25.9 Å². The van der Waals surface area contributed by atoms with Gasteiger partial charge >= 0.3 is 0 Å². The first-order valence-corrected chi connectivity index (χ1v) is 7.92. The SMILES string of the molecule is CCCNC(=O)CN(C)S(=O)(=O)c1cc(N)c(F)cc1C. The Hall–Kier alpha value is -1.67. The molecule has 0 saturated heterocycles. The maximum Gasteiger partial charge on any atom is 0.243 e. The Morgan fingerprint density at radius 3 is 2.62 bits per heavy atom. The van der Waals surface area contributed by atoms with Crippen molar-refractivity contribution >= 4 is 21.6 Å². The minimum Gasteiger partial charge on any atom is -0.396 e. The number of hydrogen-bond acceptors (Lipinski definition) is 4. The maximum atomic E-state index is 13.3. The summed E-state index contributed by atoms with van der Waals surface area (Å²) >= 11 is 0. The minimum absolute atomic E-state index is 0.104. The normalized spacial score (nSPS) is 11.7. The number of nitrogen functional groups attached to an aromatic ring is 1. The van der Waals surface area contributed by atoms with Crippen LogP contribution >= 0.6 is 0 Å². The van der Waals surface area contributed by atoms with Gasteiger partial charge in [0.2, 0.25) is 15.9 Å². The lowest BCUT2D eigenvalue weighted by Gasteiger charge is -2.18. The highest BCUT2D eigenvalue weighted by molar-refractivity contribution is 7.89. The zero-order valence-electron chi connectivity index (χ0n) is 12.3. The summed E-state index contributed by atoms with van der Waals surface area (Å²) in [6.45, 7) is 3.54. The Bertz CT molecular complexity index is 632. The van der Waals surface area contributed by atoms with E-state index < -0.39 is 21.7 Å². The Balaban J connectivity index is 3.00. The van der Waals surface area contributed by atoms with Crippen LogP contribution in [0.3, 0.4) is 0 Å². The van der Waals surface area contributed by atoms with E-state index in [0.29, 0.717) is 6.54 Å². The number of sulfonamides is 1. The molecule has 0 atom stereocenters. The van der Waals surface area contributed by atoms with Crippen molar-refractivity contribution in [2.45, 2.75) is 25.2 Å². The molecule has 0 aliphatic rings. The smallest absolute Gasteiger partial charge is 0.243 e. The van der Waals surface area contributed by atoms with Crippen LogP contribution in [0.1, 0.15) is 18.9 Å². The topological polar surface area (TPSA) is 92.5 Å². The molecule has 0 fully saturated rings. The Morgan fingerprint density at radius 2 is 2.05 bits per heavy atom. The fraction of sp³-hybridized carbons (Fsp3) is 0.462. The van der Waals surface area contributed by atoms with Crippen LogP contribution in [0.4, 0.5) is 10.1 Å². The van der Waals surface area contributed by atoms with Gasteiger partial charge in [-0.2, -0.15) is 4.31 Å². The van der Waals surface area contributed by atoms with E-state index in [2.05, 4.69) is 5.32 Å². The van der Waals surface area contributed by atoms with Crippen molar-refractivity contribution in [3.63, 3.8) is 0 Å². The second kappa shape index (κ2) is 6.86. The lowest BCUT2D eigenvalue weighted by molar-refractivity contribution is -0.121. The van der Waals surface area contributed by atoms with Crippen LogP contribution in [-0.2, 0) is 14.8 Å². The van der Waals surface area contributed by atoms with Gasteiger partial charge in [0.1, 0.15) is 5.82 Å². The van der Waals surface area contributed by atoms with E-state index in [9.17, 15) is 17.6 Å². The molecular formula is C13H20FN3O3S. The summed E-state index contributed by atoms with van der Waals surface area (Å²) in [5, 5.41) is 2.59. The van der Waals surface area contributed by atoms with Gasteiger partial charge in [-0.1, -0.05) is 6.92 Å². The molecule has 0 aromatic heterocycles. The van der Waals surface area contributed by atoms with E-state index in [1.807, 2.05) is 6.92 Å². The summed E-state index contributed by atoms with van der Waals surface area (Å²) < 4.78 is 39.0. The molecule has 0 aliphatic carbocycles. The molecule has 1 rings (SSSR count). The van der Waals surface area contributed by atoms with Crippen LogP contribution in [0.25, 0.3) is 0 Å². The molecule has 3 N–H and O–H groups in total. The molecule has 0 spiro atoms. The summed E-state index contributed by atoms with van der Waals surface area (Å²) in [7, 11) is -2.61. The molecule has 1 aromatic carbocycles. The number of nitrogens with zero attached hydrogens (tertiary/aromatic N) is 1. The first-order valence-electron chi connectivity index (χ1n) is 6.48. The number of likely N-dealkylation sites (N-methyl/N-ethyl adjacent to an activating group) is 1. The number of hydrogen-bond donors (Lipinski definition) is 2. The number of aryl methyl sites for hydroxylation is 1. The van der Waals surface area contributed by atoms with Crippen molar-refractivity contribution in [1.29, 1.82) is 0 Å². The molecule has 118 valence electrons. The number of halogens is 1. The zero-order chi connectivity index (χ0) is 16.2. The van der Waals surface area contributed by atoms with E-state index in [1.165, 1.54) is 14.0 Å². The van der Waals surface area contributed by atoms with Crippen LogP contribution < -0.4 is 11.1 Å². The fourth-order valence-corrected chi connectivity index (χ4v) is 3.09. The molecular weight excluding hydrogens is 297 g/mol. The van der Waals surface area contributed by atoms with Gasteiger partial charge in [-0.3, -0.25) is 4.79 Å². The lowest BCUT2D eigenvalue weighted by atomic mass is 10.2. The van der Waals surface area contributed by atoms with Crippen LogP contribution in [0.5, 0.6) is 0 Å². The summed E-state index contributed by atoms with van der Waals surface area (Å²) in [5.41, 5.74) is 5.41. The number of rotatable bonds is 6. The number of carbonyl (C=O) groups excluding carboxylic acids is 1. The molecule has 0 bridgehead atoms. The summed E-state index contributed by atoms with van der Waals surface area (Å²) in [6, 6.07) is 2.13. The first-order chi connectivity index (χ1) is 9.70. The van der Waals surface area contributed by atoms with Crippen LogP contribution in [0.15, 0.2) is 17.0 Å². The number of nitrogens with two attached hydrogens (primary N) is 1. The maximum absolute atomic E-state index is 13.3. The summed E-state index contributed by atoms with van der Waals surface area (Å²) in [5.74, 6) is -1.06. The van der Waals surface area contributed by atoms with Gasteiger partial charge in [0.15, 0.2) is 0 Å². The van der Waals surface area contributed by atoms with Crippen molar-refractivity contribution in [3.05, 3.63) is 23.5 Å². The first kappa shape index (κ1) is 17.4. The van der Waals surface area contributed by atoms with E-state index in [4.69, 9.17) is 5.73 Å². The average molecular weight is 317 g/mol. The Labute approximate surface area is 124 Å². The van der Waals surface area contributed by atoms with Gasteiger partial charge in [0, 0.05) is 13.6 Å². The predicted octanol–water partition coefficient (Wildman–Crippen LogP) is 0.863. The van der Waals surface area contributed by atoms with E-state index >= 15 is 0 Å². The number of amides is 1. The lowest BCUT2D eigenvalue weighted by Crippen LogP contribution is -2.38. The molecule has 8 heteroatoms. The standard InChI is InChI=1S/C13H20FN3O3S/c1-4-5-16-13(18)8-17(3)21(19,20)12-7-11(15)10(14)6-9(12)2/h6-7H,4-5,8,15H2,1-3H3,(H,16,18). The van der Waals surface area contributed by atoms with E-state index in [0.717, 1.165) is 22.9 Å². The van der Waals surface area contributed by atoms with Crippen LogP contribution in [-0.4, -0.2) is 38.8 Å². The van der Waals surface area contributed by atoms with Gasteiger partial charge in [-0.05, 0) is 31.0 Å². The number of benzene rings is 1. The third kappa shape index (κ3) is 4.15. The monoisotopic (exact) mass is 317 g/mol. The molecule has 1 aromatic rings. The van der Waals surface area contributed by atoms with Gasteiger partial charge in [-0.25, -0.2) is 12.8 Å². The summed E-state index contributed by atoms with van der Waals surface area (Å²) in [6.07, 6.45) is 0.760. The van der Waals surface area contributed by atoms with E-state index in [-0.39, 0.29) is 22.7 Å². The second-order valence-corrected chi connectivity index (χ2v) is 6.76. The zero-order valence-corrected chi connectivity index (χ0v) is 13.1. The largest absolute Gasteiger partial charge is 0.396 e. The number of carbonyl (C=O) groups is 1. The van der Waals surface area contributed by atoms with Crippen molar-refractivity contribution in [1.82, 2.24) is 9.62 Å². The molecule has 0 saturated carbocycles. The Morgan fingerprint density at radius 1 is 1.43 bits per heavy atom. The number of nitrogens with one attached hydrogen (secondary N) is 1. The number of anilines is 1.